The highest BCUT2D eigenvalue weighted by atomic mass is 16.5. The second-order valence-corrected chi connectivity index (χ2v) is 6.32. The van der Waals surface area contributed by atoms with Crippen LogP contribution in [0.5, 0.6) is 0 Å². The van der Waals surface area contributed by atoms with Crippen LogP contribution in [-0.4, -0.2) is 18.8 Å². The van der Waals surface area contributed by atoms with E-state index in [1.165, 1.54) is 12.8 Å². The van der Waals surface area contributed by atoms with Crippen LogP contribution < -0.4 is 5.73 Å². The second-order valence-electron chi connectivity index (χ2n) is 6.32. The average Bonchev–Trinajstić information content (AvgIpc) is 2.82. The standard InChI is InChI=1S/C15H25NO2/c1-14(2)6-8-15(17-3,9-7-14)13(16)11-12-5-4-10-18-12/h4-5,10,13H,6-9,11,16H2,1-3H3. The maximum Gasteiger partial charge on any atom is 0.105 e. The van der Waals surface area contributed by atoms with Gasteiger partial charge >= 0.3 is 0 Å². The van der Waals surface area contributed by atoms with Gasteiger partial charge in [-0.05, 0) is 43.2 Å². The first-order valence-corrected chi connectivity index (χ1v) is 6.81. The number of methoxy groups -OCH3 is 1. The molecule has 0 bridgehead atoms. The maximum absolute atomic E-state index is 6.39. The fourth-order valence-corrected chi connectivity index (χ4v) is 2.91. The van der Waals surface area contributed by atoms with Gasteiger partial charge in [0.15, 0.2) is 0 Å². The highest BCUT2D eigenvalue weighted by molar-refractivity contribution is 5.06. The van der Waals surface area contributed by atoms with E-state index in [4.69, 9.17) is 14.9 Å². The molecule has 1 fully saturated rings. The molecule has 102 valence electrons. The molecular weight excluding hydrogens is 226 g/mol. The first-order chi connectivity index (χ1) is 8.47. The van der Waals surface area contributed by atoms with Gasteiger partial charge in [0.25, 0.3) is 0 Å². The zero-order valence-corrected chi connectivity index (χ0v) is 11.7. The minimum atomic E-state index is -0.178. The lowest BCUT2D eigenvalue weighted by atomic mass is 9.68. The Balaban J connectivity index is 2.03. The summed E-state index contributed by atoms with van der Waals surface area (Å²) >= 11 is 0. The molecule has 0 amide bonds. The average molecular weight is 251 g/mol. The van der Waals surface area contributed by atoms with Crippen LogP contribution in [0.1, 0.15) is 45.3 Å². The monoisotopic (exact) mass is 251 g/mol. The number of furan rings is 1. The van der Waals surface area contributed by atoms with Gasteiger partial charge in [-0.3, -0.25) is 0 Å². The smallest absolute Gasteiger partial charge is 0.105 e. The van der Waals surface area contributed by atoms with E-state index in [-0.39, 0.29) is 11.6 Å². The van der Waals surface area contributed by atoms with Crippen molar-refractivity contribution in [3.8, 4) is 0 Å². The molecule has 0 saturated heterocycles. The minimum Gasteiger partial charge on any atom is -0.469 e. The Kier molecular flexibility index (Phi) is 3.83. The van der Waals surface area contributed by atoms with Gasteiger partial charge in [0.2, 0.25) is 0 Å². The number of rotatable bonds is 4. The SMILES string of the molecule is COC1(C(N)Cc2ccco2)CCC(C)(C)CC1. The second kappa shape index (κ2) is 5.06. The van der Waals surface area contributed by atoms with Gasteiger partial charge in [-0.1, -0.05) is 13.8 Å². The third-order valence-corrected chi connectivity index (χ3v) is 4.53. The molecule has 0 aliphatic heterocycles. The zero-order chi connectivity index (χ0) is 13.2. The van der Waals surface area contributed by atoms with Crippen molar-refractivity contribution < 1.29 is 9.15 Å². The molecule has 1 saturated carbocycles. The van der Waals surface area contributed by atoms with Gasteiger partial charge in [0, 0.05) is 19.6 Å². The summed E-state index contributed by atoms with van der Waals surface area (Å²) in [5.74, 6) is 0.948. The Labute approximate surface area is 110 Å². The molecule has 2 rings (SSSR count). The van der Waals surface area contributed by atoms with E-state index in [0.717, 1.165) is 25.0 Å². The third-order valence-electron chi connectivity index (χ3n) is 4.53. The van der Waals surface area contributed by atoms with Crippen LogP contribution >= 0.6 is 0 Å². The van der Waals surface area contributed by atoms with Crippen LogP contribution in [-0.2, 0) is 11.2 Å². The van der Waals surface area contributed by atoms with Crippen LogP contribution in [0.3, 0.4) is 0 Å². The van der Waals surface area contributed by atoms with Crippen molar-refractivity contribution in [3.05, 3.63) is 24.2 Å². The van der Waals surface area contributed by atoms with E-state index in [9.17, 15) is 0 Å². The van der Waals surface area contributed by atoms with Gasteiger partial charge in [0.05, 0.1) is 11.9 Å². The molecule has 0 radical (unpaired) electrons. The highest BCUT2D eigenvalue weighted by Crippen LogP contribution is 2.43. The van der Waals surface area contributed by atoms with Crippen LogP contribution in [0.15, 0.2) is 22.8 Å². The number of nitrogens with two attached hydrogens (primary N) is 1. The molecule has 2 N–H and O–H groups in total. The van der Waals surface area contributed by atoms with Crippen molar-refractivity contribution in [1.82, 2.24) is 0 Å². The van der Waals surface area contributed by atoms with Crippen LogP contribution in [0, 0.1) is 5.41 Å². The van der Waals surface area contributed by atoms with E-state index in [1.54, 1.807) is 13.4 Å². The van der Waals surface area contributed by atoms with Crippen molar-refractivity contribution in [2.75, 3.05) is 7.11 Å². The maximum atomic E-state index is 6.39. The summed E-state index contributed by atoms with van der Waals surface area (Å²) in [6, 6.07) is 3.89. The molecule has 0 spiro atoms. The first kappa shape index (κ1) is 13.6. The Morgan fingerprint density at radius 1 is 1.33 bits per heavy atom. The van der Waals surface area contributed by atoms with Crippen LogP contribution in [0.25, 0.3) is 0 Å². The molecule has 1 aromatic heterocycles. The molecule has 1 heterocycles. The van der Waals surface area contributed by atoms with Crippen molar-refractivity contribution >= 4 is 0 Å². The lowest BCUT2D eigenvalue weighted by Crippen LogP contribution is -2.53. The summed E-state index contributed by atoms with van der Waals surface area (Å²) in [6.45, 7) is 4.65. The fourth-order valence-electron chi connectivity index (χ4n) is 2.91. The lowest BCUT2D eigenvalue weighted by molar-refractivity contribution is -0.0788. The predicted molar refractivity (Wildman–Crippen MR) is 72.4 cm³/mol. The van der Waals surface area contributed by atoms with E-state index in [1.807, 2.05) is 12.1 Å². The quantitative estimate of drug-likeness (QED) is 0.894. The number of hydrogen-bond donors (Lipinski definition) is 1. The van der Waals surface area contributed by atoms with E-state index in [0.29, 0.717) is 5.41 Å². The van der Waals surface area contributed by atoms with Gasteiger partial charge in [-0.2, -0.15) is 0 Å². The molecule has 3 nitrogen and oxygen atoms in total. The van der Waals surface area contributed by atoms with Gasteiger partial charge in [0.1, 0.15) is 5.76 Å². The van der Waals surface area contributed by atoms with Gasteiger partial charge in [-0.25, -0.2) is 0 Å². The molecule has 1 unspecified atom stereocenters. The highest BCUT2D eigenvalue weighted by Gasteiger charge is 2.42. The summed E-state index contributed by atoms with van der Waals surface area (Å²) in [5.41, 5.74) is 6.63. The van der Waals surface area contributed by atoms with E-state index < -0.39 is 0 Å². The molecule has 3 heteroatoms. The Hall–Kier alpha value is -0.800. The lowest BCUT2D eigenvalue weighted by Gasteiger charge is -2.45. The number of hydrogen-bond acceptors (Lipinski definition) is 3. The third kappa shape index (κ3) is 2.78. The number of ether oxygens (including phenoxy) is 1. The summed E-state index contributed by atoms with van der Waals surface area (Å²) in [4.78, 5) is 0. The summed E-state index contributed by atoms with van der Waals surface area (Å²) in [5, 5.41) is 0. The van der Waals surface area contributed by atoms with Crippen LogP contribution in [0.2, 0.25) is 0 Å². The van der Waals surface area contributed by atoms with Crippen molar-refractivity contribution in [2.45, 2.75) is 57.6 Å². The van der Waals surface area contributed by atoms with E-state index in [2.05, 4.69) is 13.8 Å². The van der Waals surface area contributed by atoms with E-state index >= 15 is 0 Å². The Morgan fingerprint density at radius 2 is 2.00 bits per heavy atom. The normalized spacial score (nSPS) is 23.8. The largest absolute Gasteiger partial charge is 0.469 e. The molecule has 1 atom stereocenters. The van der Waals surface area contributed by atoms with Crippen molar-refractivity contribution in [1.29, 1.82) is 0 Å². The Morgan fingerprint density at radius 3 is 2.50 bits per heavy atom. The van der Waals surface area contributed by atoms with Gasteiger partial charge < -0.3 is 14.9 Å². The molecule has 1 aliphatic rings. The first-order valence-electron chi connectivity index (χ1n) is 6.81. The summed E-state index contributed by atoms with van der Waals surface area (Å²) in [6.07, 6.45) is 6.88. The zero-order valence-electron chi connectivity index (χ0n) is 11.7. The Bertz CT molecular complexity index is 360. The summed E-state index contributed by atoms with van der Waals surface area (Å²) < 4.78 is 11.2. The van der Waals surface area contributed by atoms with Gasteiger partial charge in [-0.15, -0.1) is 0 Å². The molecular formula is C15H25NO2. The van der Waals surface area contributed by atoms with Crippen molar-refractivity contribution in [2.24, 2.45) is 11.1 Å². The van der Waals surface area contributed by atoms with Crippen molar-refractivity contribution in [3.63, 3.8) is 0 Å². The predicted octanol–water partition coefficient (Wildman–Crippen LogP) is 3.13. The molecule has 18 heavy (non-hydrogen) atoms. The molecule has 0 aromatic carbocycles. The molecule has 1 aromatic rings. The fraction of sp³-hybridized carbons (Fsp3) is 0.733. The topological polar surface area (TPSA) is 48.4 Å². The minimum absolute atomic E-state index is 0.00440. The molecule has 1 aliphatic carbocycles. The summed E-state index contributed by atoms with van der Waals surface area (Å²) in [7, 11) is 1.79. The van der Waals surface area contributed by atoms with Crippen LogP contribution in [0.4, 0.5) is 0 Å².